The molecule has 0 spiro atoms. The number of benzene rings is 1. The Morgan fingerprint density at radius 3 is 2.83 bits per heavy atom. The molecule has 2 aliphatic rings. The highest BCUT2D eigenvalue weighted by Gasteiger charge is 2.37. The van der Waals surface area contributed by atoms with Gasteiger partial charge in [0.2, 0.25) is 0 Å². The Morgan fingerprint density at radius 1 is 1.30 bits per heavy atom. The first-order valence-electron chi connectivity index (χ1n) is 9.57. The molecule has 1 fully saturated rings. The summed E-state index contributed by atoms with van der Waals surface area (Å²) in [6.45, 7) is 2.74. The number of ether oxygens (including phenoxy) is 1. The fourth-order valence-electron chi connectivity index (χ4n) is 3.73. The minimum Gasteiger partial charge on any atom is -0.385 e. The Bertz CT molecular complexity index is 962. The predicted octanol–water partition coefficient (Wildman–Crippen LogP) is 5.21. The highest BCUT2D eigenvalue weighted by molar-refractivity contribution is 7.16. The molecule has 0 saturated carbocycles. The van der Waals surface area contributed by atoms with Crippen molar-refractivity contribution in [2.45, 2.75) is 18.6 Å². The number of hydrogen-bond donors (Lipinski definition) is 1. The first kappa shape index (κ1) is 21.4. The van der Waals surface area contributed by atoms with Crippen molar-refractivity contribution in [2.24, 2.45) is 4.99 Å². The highest BCUT2D eigenvalue weighted by Crippen LogP contribution is 2.44. The molecule has 5 nitrogen and oxygen atoms in total. The quantitative estimate of drug-likeness (QED) is 0.685. The summed E-state index contributed by atoms with van der Waals surface area (Å²) in [5.74, 6) is 0.542. The molecule has 4 rings (SSSR count). The summed E-state index contributed by atoms with van der Waals surface area (Å²) in [7, 11) is 3.72. The van der Waals surface area contributed by atoms with Crippen LogP contribution in [0.4, 0.5) is 29.5 Å². The molecule has 1 aromatic carbocycles. The number of aliphatic imine (C=N–C) groups is 1. The van der Waals surface area contributed by atoms with E-state index in [1.807, 2.05) is 0 Å². The maximum Gasteiger partial charge on any atom is 0.425 e. The summed E-state index contributed by atoms with van der Waals surface area (Å²) in [6, 6.07) is 6.58. The van der Waals surface area contributed by atoms with Crippen LogP contribution in [-0.4, -0.2) is 62.1 Å². The van der Waals surface area contributed by atoms with Crippen LogP contribution in [0.2, 0.25) is 5.02 Å². The van der Waals surface area contributed by atoms with Gasteiger partial charge >= 0.3 is 6.18 Å². The summed E-state index contributed by atoms with van der Waals surface area (Å²) in [5, 5.41) is 4.10. The molecule has 2 aliphatic heterocycles. The maximum absolute atomic E-state index is 13.4. The molecular formula is C20H22ClF3N4OS. The lowest BCUT2D eigenvalue weighted by Gasteiger charge is -2.40. The lowest BCUT2D eigenvalue weighted by atomic mass is 10.1. The average Bonchev–Trinajstić information content (AvgIpc) is 3.05. The van der Waals surface area contributed by atoms with Crippen molar-refractivity contribution < 1.29 is 17.9 Å². The second-order valence-corrected chi connectivity index (χ2v) is 8.92. The Kier molecular flexibility index (Phi) is 5.98. The minimum absolute atomic E-state index is 0.223. The molecule has 0 unspecified atom stereocenters. The molecule has 2 aromatic rings. The number of hydrogen-bond acceptors (Lipinski definition) is 6. The van der Waals surface area contributed by atoms with Gasteiger partial charge < -0.3 is 15.0 Å². The number of alkyl halides is 3. The van der Waals surface area contributed by atoms with Crippen LogP contribution in [0.25, 0.3) is 0 Å². The topological polar surface area (TPSA) is 40.1 Å². The van der Waals surface area contributed by atoms with Gasteiger partial charge in [0.15, 0.2) is 0 Å². The van der Waals surface area contributed by atoms with Crippen LogP contribution in [0.5, 0.6) is 0 Å². The van der Waals surface area contributed by atoms with E-state index in [1.165, 1.54) is 6.07 Å². The Morgan fingerprint density at radius 2 is 2.10 bits per heavy atom. The summed E-state index contributed by atoms with van der Waals surface area (Å²) >= 11 is 6.86. The molecule has 162 valence electrons. The minimum atomic E-state index is -4.41. The van der Waals surface area contributed by atoms with Crippen LogP contribution in [-0.2, 0) is 10.9 Å². The van der Waals surface area contributed by atoms with Gasteiger partial charge in [0.25, 0.3) is 0 Å². The average molecular weight is 459 g/mol. The number of nitrogens with one attached hydrogen (secondary N) is 1. The number of amidine groups is 1. The van der Waals surface area contributed by atoms with Gasteiger partial charge in [0.05, 0.1) is 16.9 Å². The van der Waals surface area contributed by atoms with Crippen LogP contribution in [0.15, 0.2) is 29.3 Å². The number of likely N-dealkylation sites (N-methyl/N-ethyl adjacent to an activating group) is 1. The molecule has 1 aromatic heterocycles. The Hall–Kier alpha value is -1.81. The SMILES string of the molecule is COCC[C@H]1CN(C2=Nc3cc(Cl)ccc3Nc3sc(C(F)(F)F)cc32)CCN1C. The molecule has 0 bridgehead atoms. The van der Waals surface area contributed by atoms with Gasteiger partial charge in [-0.1, -0.05) is 11.6 Å². The zero-order chi connectivity index (χ0) is 21.5. The van der Waals surface area contributed by atoms with Crippen molar-refractivity contribution in [1.82, 2.24) is 9.80 Å². The normalized spacial score (nSPS) is 19.6. The van der Waals surface area contributed by atoms with Crippen LogP contribution in [0.3, 0.4) is 0 Å². The van der Waals surface area contributed by atoms with E-state index in [1.54, 1.807) is 25.3 Å². The van der Waals surface area contributed by atoms with E-state index in [9.17, 15) is 13.2 Å². The van der Waals surface area contributed by atoms with Crippen LogP contribution >= 0.6 is 22.9 Å². The standard InChI is InChI=1S/C20H22ClF3N4OS/c1-27-6-7-28(11-13(27)5-8-29-2)18-14-10-17(20(22,23)24)30-19(14)26-15-4-3-12(21)9-16(15)25-18/h3-4,9-10,13,26H,5-8,11H2,1-2H3/t13-/m0/s1. The summed E-state index contributed by atoms with van der Waals surface area (Å²) in [4.78, 5) is 8.47. The van der Waals surface area contributed by atoms with Crippen molar-refractivity contribution in [1.29, 1.82) is 0 Å². The van der Waals surface area contributed by atoms with Gasteiger partial charge in [-0.15, -0.1) is 11.3 Å². The molecule has 3 heterocycles. The molecule has 1 saturated heterocycles. The van der Waals surface area contributed by atoms with E-state index in [4.69, 9.17) is 21.3 Å². The molecular weight excluding hydrogens is 437 g/mol. The monoisotopic (exact) mass is 458 g/mol. The molecule has 0 radical (unpaired) electrons. The summed E-state index contributed by atoms with van der Waals surface area (Å²) in [5.41, 5.74) is 1.72. The lowest BCUT2D eigenvalue weighted by Crippen LogP contribution is -2.53. The number of piperazine rings is 1. The fourth-order valence-corrected chi connectivity index (χ4v) is 4.83. The third-order valence-electron chi connectivity index (χ3n) is 5.42. The highest BCUT2D eigenvalue weighted by atomic mass is 35.5. The molecule has 1 N–H and O–H groups in total. The number of thiophene rings is 1. The molecule has 30 heavy (non-hydrogen) atoms. The van der Waals surface area contributed by atoms with Crippen LogP contribution in [0.1, 0.15) is 16.9 Å². The molecule has 0 aliphatic carbocycles. The van der Waals surface area contributed by atoms with Crippen LogP contribution in [0, 0.1) is 0 Å². The van der Waals surface area contributed by atoms with E-state index in [2.05, 4.69) is 22.2 Å². The van der Waals surface area contributed by atoms with Gasteiger partial charge in [0, 0.05) is 44.4 Å². The number of anilines is 2. The van der Waals surface area contributed by atoms with Crippen molar-refractivity contribution in [3.8, 4) is 0 Å². The number of methoxy groups -OCH3 is 1. The number of fused-ring (bicyclic) bond motifs is 2. The van der Waals surface area contributed by atoms with Gasteiger partial charge in [0.1, 0.15) is 15.7 Å². The van der Waals surface area contributed by atoms with Gasteiger partial charge in [-0.05, 0) is 37.7 Å². The lowest BCUT2D eigenvalue weighted by molar-refractivity contribution is -0.134. The maximum atomic E-state index is 13.4. The van der Waals surface area contributed by atoms with Crippen LogP contribution < -0.4 is 5.32 Å². The number of halogens is 4. The summed E-state index contributed by atoms with van der Waals surface area (Å²) in [6.07, 6.45) is -3.57. The van der Waals surface area contributed by atoms with Crippen molar-refractivity contribution in [3.05, 3.63) is 39.7 Å². The third kappa shape index (κ3) is 4.30. The van der Waals surface area contributed by atoms with E-state index in [0.29, 0.717) is 63.8 Å². The van der Waals surface area contributed by atoms with Crippen molar-refractivity contribution in [3.63, 3.8) is 0 Å². The van der Waals surface area contributed by atoms with Gasteiger partial charge in [-0.3, -0.25) is 4.90 Å². The van der Waals surface area contributed by atoms with E-state index >= 15 is 0 Å². The zero-order valence-electron chi connectivity index (χ0n) is 16.6. The van der Waals surface area contributed by atoms with E-state index in [0.717, 1.165) is 13.0 Å². The van der Waals surface area contributed by atoms with E-state index in [-0.39, 0.29) is 6.04 Å². The Labute approximate surface area is 182 Å². The zero-order valence-corrected chi connectivity index (χ0v) is 18.2. The number of nitrogens with zero attached hydrogens (tertiary/aromatic N) is 3. The van der Waals surface area contributed by atoms with Crippen molar-refractivity contribution >= 4 is 45.1 Å². The fraction of sp³-hybridized carbons (Fsp3) is 0.450. The third-order valence-corrected chi connectivity index (χ3v) is 6.75. The first-order valence-corrected chi connectivity index (χ1v) is 10.8. The van der Waals surface area contributed by atoms with Gasteiger partial charge in [-0.2, -0.15) is 13.2 Å². The predicted molar refractivity (Wildman–Crippen MR) is 115 cm³/mol. The summed E-state index contributed by atoms with van der Waals surface area (Å²) < 4.78 is 45.5. The second-order valence-electron chi connectivity index (χ2n) is 7.44. The molecule has 1 atom stereocenters. The van der Waals surface area contributed by atoms with Crippen molar-refractivity contribution in [2.75, 3.05) is 45.7 Å². The first-order chi connectivity index (χ1) is 14.3. The second kappa shape index (κ2) is 8.37. The molecule has 0 amide bonds. The van der Waals surface area contributed by atoms with Gasteiger partial charge in [-0.25, -0.2) is 4.99 Å². The molecule has 10 heteroatoms. The number of rotatable bonds is 3. The van der Waals surface area contributed by atoms with E-state index < -0.39 is 11.1 Å². The Balaban J connectivity index is 1.77. The largest absolute Gasteiger partial charge is 0.425 e. The smallest absolute Gasteiger partial charge is 0.385 e.